The lowest BCUT2D eigenvalue weighted by Crippen LogP contribution is -2.12. The summed E-state index contributed by atoms with van der Waals surface area (Å²) in [6.07, 6.45) is 4.10. The molecule has 1 N–H and O–H groups in total. The standard InChI is InChI=1S/C23H30O5/c1-3-5-13-26-20-10-7-18(8-11-20)22(25)17-28-23-15-21(27-14-6-4-2)12-9-19(23)16-24/h7-12,15,24H,3-6,13-14,16-17H2,1-2H3. The summed E-state index contributed by atoms with van der Waals surface area (Å²) in [6, 6.07) is 12.3. The van der Waals surface area contributed by atoms with Crippen LogP contribution in [0.25, 0.3) is 0 Å². The number of carbonyl (C=O) groups is 1. The summed E-state index contributed by atoms with van der Waals surface area (Å²) in [6.45, 7) is 5.24. The van der Waals surface area contributed by atoms with Gasteiger partial charge in [0.1, 0.15) is 17.2 Å². The minimum absolute atomic E-state index is 0.110. The zero-order chi connectivity index (χ0) is 20.2. The molecule has 0 saturated heterocycles. The fraction of sp³-hybridized carbons (Fsp3) is 0.435. The van der Waals surface area contributed by atoms with Crippen molar-refractivity contribution in [2.75, 3.05) is 19.8 Å². The van der Waals surface area contributed by atoms with Crippen LogP contribution in [0.5, 0.6) is 17.2 Å². The van der Waals surface area contributed by atoms with Gasteiger partial charge in [0, 0.05) is 17.2 Å². The van der Waals surface area contributed by atoms with Gasteiger partial charge in [-0.05, 0) is 49.2 Å². The average molecular weight is 386 g/mol. The second-order valence-corrected chi connectivity index (χ2v) is 6.57. The number of unbranched alkanes of at least 4 members (excludes halogenated alkanes) is 2. The number of Topliss-reactive ketones (excluding diaryl/α,β-unsaturated/α-hetero) is 1. The monoisotopic (exact) mass is 386 g/mol. The number of ketones is 1. The molecule has 0 spiro atoms. The minimum Gasteiger partial charge on any atom is -0.494 e. The van der Waals surface area contributed by atoms with Gasteiger partial charge in [-0.3, -0.25) is 4.79 Å². The molecule has 0 fully saturated rings. The van der Waals surface area contributed by atoms with Crippen LogP contribution in [0.2, 0.25) is 0 Å². The van der Waals surface area contributed by atoms with Crippen LogP contribution in [0.1, 0.15) is 55.5 Å². The SMILES string of the molecule is CCCCOc1ccc(C(=O)COc2cc(OCCCC)ccc2CO)cc1. The Morgan fingerprint density at radius 2 is 1.46 bits per heavy atom. The van der Waals surface area contributed by atoms with Crippen molar-refractivity contribution in [1.29, 1.82) is 0 Å². The lowest BCUT2D eigenvalue weighted by molar-refractivity contribution is 0.0919. The van der Waals surface area contributed by atoms with Gasteiger partial charge >= 0.3 is 0 Å². The maximum atomic E-state index is 12.4. The zero-order valence-electron chi connectivity index (χ0n) is 16.8. The highest BCUT2D eigenvalue weighted by atomic mass is 16.5. The van der Waals surface area contributed by atoms with Crippen molar-refractivity contribution in [1.82, 2.24) is 0 Å². The largest absolute Gasteiger partial charge is 0.494 e. The lowest BCUT2D eigenvalue weighted by atomic mass is 10.1. The van der Waals surface area contributed by atoms with Crippen LogP contribution in [0.15, 0.2) is 42.5 Å². The van der Waals surface area contributed by atoms with Crippen molar-refractivity contribution in [3.05, 3.63) is 53.6 Å². The van der Waals surface area contributed by atoms with E-state index in [2.05, 4.69) is 13.8 Å². The van der Waals surface area contributed by atoms with E-state index in [1.165, 1.54) is 0 Å². The summed E-state index contributed by atoms with van der Waals surface area (Å²) in [5.74, 6) is 1.75. The van der Waals surface area contributed by atoms with E-state index < -0.39 is 0 Å². The molecule has 5 nitrogen and oxygen atoms in total. The molecule has 2 aromatic rings. The van der Waals surface area contributed by atoms with E-state index in [4.69, 9.17) is 14.2 Å². The summed E-state index contributed by atoms with van der Waals surface area (Å²) in [5, 5.41) is 9.51. The summed E-state index contributed by atoms with van der Waals surface area (Å²) < 4.78 is 17.0. The van der Waals surface area contributed by atoms with E-state index in [9.17, 15) is 9.90 Å². The van der Waals surface area contributed by atoms with Crippen LogP contribution in [0.4, 0.5) is 0 Å². The van der Waals surface area contributed by atoms with Gasteiger partial charge in [-0.15, -0.1) is 0 Å². The first-order valence-corrected chi connectivity index (χ1v) is 9.93. The van der Waals surface area contributed by atoms with Crippen molar-refractivity contribution in [2.45, 2.75) is 46.1 Å². The molecule has 0 aliphatic heterocycles. The Morgan fingerprint density at radius 3 is 2.07 bits per heavy atom. The predicted molar refractivity (Wildman–Crippen MR) is 109 cm³/mol. The molecule has 0 aromatic heterocycles. The third kappa shape index (κ3) is 6.89. The van der Waals surface area contributed by atoms with Crippen molar-refractivity contribution >= 4 is 5.78 Å². The van der Waals surface area contributed by atoms with Crippen molar-refractivity contribution in [2.24, 2.45) is 0 Å². The number of aliphatic hydroxyl groups is 1. The van der Waals surface area contributed by atoms with Crippen LogP contribution < -0.4 is 14.2 Å². The number of hydrogen-bond donors (Lipinski definition) is 1. The number of rotatable bonds is 13. The van der Waals surface area contributed by atoms with Crippen molar-refractivity contribution < 1.29 is 24.1 Å². The molecule has 28 heavy (non-hydrogen) atoms. The quantitative estimate of drug-likeness (QED) is 0.396. The van der Waals surface area contributed by atoms with Gasteiger partial charge in [0.15, 0.2) is 12.4 Å². The third-order valence-corrected chi connectivity index (χ3v) is 4.28. The molecule has 0 saturated carbocycles. The Bertz CT molecular complexity index is 724. The molecule has 0 heterocycles. The summed E-state index contributed by atoms with van der Waals surface area (Å²) in [7, 11) is 0. The molecule has 0 radical (unpaired) electrons. The van der Waals surface area contributed by atoms with Gasteiger partial charge in [0.25, 0.3) is 0 Å². The molecule has 0 aliphatic carbocycles. The van der Waals surface area contributed by atoms with Crippen LogP contribution in [0, 0.1) is 0 Å². The average Bonchev–Trinajstić information content (AvgIpc) is 2.73. The Labute approximate surface area is 167 Å². The number of hydrogen-bond acceptors (Lipinski definition) is 5. The molecule has 2 rings (SSSR count). The molecular weight excluding hydrogens is 356 g/mol. The predicted octanol–water partition coefficient (Wildman–Crippen LogP) is 4.80. The Balaban J connectivity index is 1.94. The van der Waals surface area contributed by atoms with Gasteiger partial charge in [-0.1, -0.05) is 26.7 Å². The molecule has 0 unspecified atom stereocenters. The molecule has 5 heteroatoms. The van der Waals surface area contributed by atoms with Crippen molar-refractivity contribution in [3.63, 3.8) is 0 Å². The first-order valence-electron chi connectivity index (χ1n) is 9.93. The molecule has 2 aromatic carbocycles. The van der Waals surface area contributed by atoms with Gasteiger partial charge in [0.05, 0.1) is 19.8 Å². The second-order valence-electron chi connectivity index (χ2n) is 6.57. The van der Waals surface area contributed by atoms with Crippen LogP contribution >= 0.6 is 0 Å². The number of benzene rings is 2. The normalized spacial score (nSPS) is 10.5. The molecule has 0 aliphatic rings. The number of ether oxygens (including phenoxy) is 3. The van der Waals surface area contributed by atoms with Crippen LogP contribution in [-0.2, 0) is 6.61 Å². The lowest BCUT2D eigenvalue weighted by Gasteiger charge is -2.13. The molecule has 0 amide bonds. The van der Waals surface area contributed by atoms with E-state index in [1.54, 1.807) is 42.5 Å². The molecule has 0 bridgehead atoms. The highest BCUT2D eigenvalue weighted by Gasteiger charge is 2.11. The van der Waals surface area contributed by atoms with Gasteiger partial charge in [0.2, 0.25) is 0 Å². The highest BCUT2D eigenvalue weighted by molar-refractivity contribution is 5.97. The van der Waals surface area contributed by atoms with Crippen molar-refractivity contribution in [3.8, 4) is 17.2 Å². The summed E-state index contributed by atoms with van der Waals surface area (Å²) in [5.41, 5.74) is 1.18. The van der Waals surface area contributed by atoms with Crippen LogP contribution in [0.3, 0.4) is 0 Å². The van der Waals surface area contributed by atoms with E-state index in [0.717, 1.165) is 31.4 Å². The Hall–Kier alpha value is -2.53. The maximum Gasteiger partial charge on any atom is 0.200 e. The van der Waals surface area contributed by atoms with Gasteiger partial charge < -0.3 is 19.3 Å². The Kier molecular flexibility index (Phi) is 9.35. The van der Waals surface area contributed by atoms with E-state index >= 15 is 0 Å². The zero-order valence-corrected chi connectivity index (χ0v) is 16.8. The second kappa shape index (κ2) is 12.0. The summed E-state index contributed by atoms with van der Waals surface area (Å²) in [4.78, 5) is 12.4. The highest BCUT2D eigenvalue weighted by Crippen LogP contribution is 2.25. The fourth-order valence-corrected chi connectivity index (χ4v) is 2.52. The first kappa shape index (κ1) is 21.8. The van der Waals surface area contributed by atoms with Gasteiger partial charge in [-0.2, -0.15) is 0 Å². The first-order chi connectivity index (χ1) is 13.7. The summed E-state index contributed by atoms with van der Waals surface area (Å²) >= 11 is 0. The topological polar surface area (TPSA) is 65.0 Å². The van der Waals surface area contributed by atoms with E-state index in [1.807, 2.05) is 0 Å². The maximum absolute atomic E-state index is 12.4. The minimum atomic E-state index is -0.164. The third-order valence-electron chi connectivity index (χ3n) is 4.28. The smallest absolute Gasteiger partial charge is 0.200 e. The number of carbonyl (C=O) groups excluding carboxylic acids is 1. The molecular formula is C23H30O5. The number of aliphatic hydroxyl groups excluding tert-OH is 1. The Morgan fingerprint density at radius 1 is 0.857 bits per heavy atom. The van der Waals surface area contributed by atoms with Gasteiger partial charge in [-0.25, -0.2) is 0 Å². The molecule has 0 atom stereocenters. The van der Waals surface area contributed by atoms with Crippen LogP contribution in [-0.4, -0.2) is 30.7 Å². The molecule has 152 valence electrons. The van der Waals surface area contributed by atoms with E-state index in [-0.39, 0.29) is 19.0 Å². The van der Waals surface area contributed by atoms with E-state index in [0.29, 0.717) is 35.8 Å². The fourth-order valence-electron chi connectivity index (χ4n) is 2.52.